The number of carbonyl (C=O) groups excluding carboxylic acids is 1. The van der Waals surface area contributed by atoms with Crippen LogP contribution in [0.15, 0.2) is 12.3 Å². The molecule has 156 valence electrons. The molecule has 0 aromatic carbocycles. The van der Waals surface area contributed by atoms with Gasteiger partial charge in [0.15, 0.2) is 0 Å². The van der Waals surface area contributed by atoms with Gasteiger partial charge in [0, 0.05) is 43.8 Å². The number of hydrogen-bond donors (Lipinski definition) is 1. The van der Waals surface area contributed by atoms with Gasteiger partial charge in [-0.2, -0.15) is 13.2 Å². The minimum Gasteiger partial charge on any atom is -0.355 e. The molecule has 1 aliphatic heterocycles. The number of carbonyl (C=O) groups is 1. The van der Waals surface area contributed by atoms with Crippen molar-refractivity contribution in [2.24, 2.45) is 5.92 Å². The van der Waals surface area contributed by atoms with Crippen LogP contribution in [-0.4, -0.2) is 54.6 Å². The summed E-state index contributed by atoms with van der Waals surface area (Å²) in [5.74, 6) is 0.290. The van der Waals surface area contributed by atoms with Crippen LogP contribution in [0.25, 0.3) is 0 Å². The van der Waals surface area contributed by atoms with Gasteiger partial charge in [-0.15, -0.1) is 0 Å². The molecule has 1 atom stereocenters. The zero-order chi connectivity index (χ0) is 20.5. The second-order valence-corrected chi connectivity index (χ2v) is 8.19. The molecule has 1 unspecified atom stereocenters. The molecule has 28 heavy (non-hydrogen) atoms. The van der Waals surface area contributed by atoms with E-state index in [0.717, 1.165) is 12.3 Å². The summed E-state index contributed by atoms with van der Waals surface area (Å²) in [7, 11) is 2.09. The monoisotopic (exact) mass is 418 g/mol. The standard InChI is InChI=1S/C19H26ClF3N4O/c1-12(26(2)15-3-4-15)10-25-18(28)13-5-7-27(8-6-13)17-16(20)9-14(11-24-17)19(21,22)23/h9,11-13,15H,3-8,10H2,1-2H3,(H,25,28). The molecular formula is C19H26ClF3N4O. The lowest BCUT2D eigenvalue weighted by Crippen LogP contribution is -2.45. The number of alkyl halides is 3. The summed E-state index contributed by atoms with van der Waals surface area (Å²) < 4.78 is 38.2. The molecular weight excluding hydrogens is 393 g/mol. The van der Waals surface area contributed by atoms with E-state index >= 15 is 0 Å². The summed E-state index contributed by atoms with van der Waals surface area (Å²) in [5, 5.41) is 3.02. The highest BCUT2D eigenvalue weighted by atomic mass is 35.5. The molecule has 1 N–H and O–H groups in total. The number of hydrogen-bond acceptors (Lipinski definition) is 4. The van der Waals surface area contributed by atoms with E-state index < -0.39 is 11.7 Å². The number of nitrogens with one attached hydrogen (secondary N) is 1. The molecule has 1 amide bonds. The Kier molecular flexibility index (Phi) is 6.39. The highest BCUT2D eigenvalue weighted by Crippen LogP contribution is 2.34. The highest BCUT2D eigenvalue weighted by molar-refractivity contribution is 6.33. The fraction of sp³-hybridized carbons (Fsp3) is 0.684. The Balaban J connectivity index is 1.49. The van der Waals surface area contributed by atoms with Crippen molar-refractivity contribution in [3.8, 4) is 0 Å². The van der Waals surface area contributed by atoms with Crippen molar-refractivity contribution < 1.29 is 18.0 Å². The maximum Gasteiger partial charge on any atom is 0.417 e. The molecule has 9 heteroatoms. The Morgan fingerprint density at radius 2 is 2.00 bits per heavy atom. The van der Waals surface area contributed by atoms with Crippen molar-refractivity contribution in [2.75, 3.05) is 31.6 Å². The van der Waals surface area contributed by atoms with Gasteiger partial charge < -0.3 is 10.2 Å². The lowest BCUT2D eigenvalue weighted by atomic mass is 9.95. The molecule has 0 bridgehead atoms. The number of aromatic nitrogens is 1. The minimum absolute atomic E-state index is 0.0188. The third kappa shape index (κ3) is 5.08. The maximum absolute atomic E-state index is 12.7. The number of anilines is 1. The van der Waals surface area contributed by atoms with E-state index in [0.29, 0.717) is 50.4 Å². The third-order valence-corrected chi connectivity index (χ3v) is 5.98. The molecule has 1 saturated carbocycles. The van der Waals surface area contributed by atoms with Gasteiger partial charge in [-0.3, -0.25) is 9.69 Å². The molecule has 0 radical (unpaired) electrons. The second kappa shape index (κ2) is 8.45. The first-order chi connectivity index (χ1) is 13.2. The third-order valence-electron chi connectivity index (χ3n) is 5.70. The fourth-order valence-electron chi connectivity index (χ4n) is 3.55. The molecule has 1 saturated heterocycles. The topological polar surface area (TPSA) is 48.5 Å². The van der Waals surface area contributed by atoms with Crippen LogP contribution < -0.4 is 10.2 Å². The minimum atomic E-state index is -4.47. The largest absolute Gasteiger partial charge is 0.417 e. The number of nitrogens with zero attached hydrogens (tertiary/aromatic N) is 3. The number of pyridine rings is 1. The number of amides is 1. The van der Waals surface area contributed by atoms with Crippen LogP contribution in [0, 0.1) is 5.92 Å². The number of rotatable bonds is 6. The Labute approximate surface area is 168 Å². The average molecular weight is 419 g/mol. The van der Waals surface area contributed by atoms with Gasteiger partial charge in [0.25, 0.3) is 0 Å². The second-order valence-electron chi connectivity index (χ2n) is 7.78. The molecule has 1 aromatic rings. The molecule has 0 spiro atoms. The Morgan fingerprint density at radius 3 is 2.54 bits per heavy atom. The number of piperidine rings is 1. The van der Waals surface area contributed by atoms with E-state index in [2.05, 4.69) is 29.2 Å². The van der Waals surface area contributed by atoms with Gasteiger partial charge >= 0.3 is 6.18 Å². The molecule has 2 heterocycles. The Bertz CT molecular complexity index is 703. The predicted octanol–water partition coefficient (Wildman–Crippen LogP) is 3.57. The fourth-order valence-corrected chi connectivity index (χ4v) is 3.84. The van der Waals surface area contributed by atoms with E-state index in [9.17, 15) is 18.0 Å². The zero-order valence-corrected chi connectivity index (χ0v) is 16.9. The van der Waals surface area contributed by atoms with Crippen LogP contribution in [0.3, 0.4) is 0 Å². The van der Waals surface area contributed by atoms with Gasteiger partial charge in [-0.1, -0.05) is 11.6 Å². The molecule has 1 aromatic heterocycles. The van der Waals surface area contributed by atoms with Gasteiger partial charge in [0.05, 0.1) is 10.6 Å². The zero-order valence-electron chi connectivity index (χ0n) is 16.1. The van der Waals surface area contributed by atoms with Crippen molar-refractivity contribution >= 4 is 23.3 Å². The maximum atomic E-state index is 12.7. The van der Waals surface area contributed by atoms with Crippen LogP contribution in [0.5, 0.6) is 0 Å². The molecule has 2 fully saturated rings. The Morgan fingerprint density at radius 1 is 1.36 bits per heavy atom. The van der Waals surface area contributed by atoms with Crippen LogP contribution in [0.4, 0.5) is 19.0 Å². The van der Waals surface area contributed by atoms with Crippen LogP contribution in [-0.2, 0) is 11.0 Å². The van der Waals surface area contributed by atoms with Crippen LogP contribution in [0.2, 0.25) is 5.02 Å². The van der Waals surface area contributed by atoms with Crippen molar-refractivity contribution in [3.05, 3.63) is 22.8 Å². The number of likely N-dealkylation sites (N-methyl/N-ethyl adjacent to an activating group) is 1. The van der Waals surface area contributed by atoms with Crippen molar-refractivity contribution in [3.63, 3.8) is 0 Å². The van der Waals surface area contributed by atoms with Gasteiger partial charge in [-0.25, -0.2) is 4.98 Å². The van der Waals surface area contributed by atoms with E-state index in [-0.39, 0.29) is 16.8 Å². The van der Waals surface area contributed by atoms with Crippen LogP contribution in [0.1, 0.15) is 38.2 Å². The molecule has 1 aliphatic carbocycles. The SMILES string of the molecule is CC(CNC(=O)C1CCN(c2ncc(C(F)(F)F)cc2Cl)CC1)N(C)C1CC1. The van der Waals surface area contributed by atoms with Gasteiger partial charge in [0.2, 0.25) is 5.91 Å². The smallest absolute Gasteiger partial charge is 0.355 e. The van der Waals surface area contributed by atoms with E-state index in [1.807, 2.05) is 4.90 Å². The molecule has 5 nitrogen and oxygen atoms in total. The average Bonchev–Trinajstić information content (AvgIpc) is 3.50. The lowest BCUT2D eigenvalue weighted by Gasteiger charge is -2.33. The van der Waals surface area contributed by atoms with Crippen molar-refractivity contribution in [1.29, 1.82) is 0 Å². The predicted molar refractivity (Wildman–Crippen MR) is 102 cm³/mol. The normalized spacial score (nSPS) is 19.8. The first-order valence-corrected chi connectivity index (χ1v) is 10.0. The highest BCUT2D eigenvalue weighted by Gasteiger charge is 2.33. The summed E-state index contributed by atoms with van der Waals surface area (Å²) in [4.78, 5) is 20.5. The van der Waals surface area contributed by atoms with E-state index in [1.54, 1.807) is 0 Å². The van der Waals surface area contributed by atoms with Crippen molar-refractivity contribution in [1.82, 2.24) is 15.2 Å². The summed E-state index contributed by atoms with van der Waals surface area (Å²) in [6.07, 6.45) is 0.0414. The first kappa shape index (κ1) is 21.2. The first-order valence-electron chi connectivity index (χ1n) is 9.64. The quantitative estimate of drug-likeness (QED) is 0.767. The Hall–Kier alpha value is -1.54. The van der Waals surface area contributed by atoms with E-state index in [4.69, 9.17) is 11.6 Å². The van der Waals surface area contributed by atoms with Crippen molar-refractivity contribution in [2.45, 2.75) is 50.9 Å². The summed E-state index contributed by atoms with van der Waals surface area (Å²) >= 11 is 6.02. The lowest BCUT2D eigenvalue weighted by molar-refractivity contribution is -0.137. The molecule has 3 rings (SSSR count). The molecule has 2 aliphatic rings. The van der Waals surface area contributed by atoms with Gasteiger partial charge in [0.1, 0.15) is 5.82 Å². The summed E-state index contributed by atoms with van der Waals surface area (Å²) in [6.45, 7) is 3.80. The van der Waals surface area contributed by atoms with Gasteiger partial charge in [-0.05, 0) is 45.7 Å². The number of halogens is 4. The van der Waals surface area contributed by atoms with E-state index in [1.165, 1.54) is 12.8 Å². The van der Waals surface area contributed by atoms with Crippen LogP contribution >= 0.6 is 11.6 Å². The summed E-state index contributed by atoms with van der Waals surface area (Å²) in [6, 6.07) is 1.85. The summed E-state index contributed by atoms with van der Waals surface area (Å²) in [5.41, 5.74) is -0.860.